The van der Waals surface area contributed by atoms with Crippen molar-refractivity contribution in [3.8, 4) is 0 Å². The molecule has 0 aromatic heterocycles. The molecule has 100 valence electrons. The minimum atomic E-state index is 0.680. The molecule has 0 heterocycles. The smallest absolute Gasteiger partial charge is 0.00344 e. The summed E-state index contributed by atoms with van der Waals surface area (Å²) >= 11 is 2.02. The van der Waals surface area contributed by atoms with Gasteiger partial charge in [0.05, 0.1) is 0 Å². The van der Waals surface area contributed by atoms with Gasteiger partial charge >= 0.3 is 0 Å². The Labute approximate surface area is 117 Å². The lowest BCUT2D eigenvalue weighted by atomic mass is 10.1. The number of aryl methyl sites for hydroxylation is 1. The SMILES string of the molecule is CC(C)C/C=C(/CCc1ccccc1)SC(C)C. The van der Waals surface area contributed by atoms with Crippen molar-refractivity contribution in [3.63, 3.8) is 0 Å². The second-order valence-electron chi connectivity index (χ2n) is 5.45. The van der Waals surface area contributed by atoms with Crippen molar-refractivity contribution in [3.05, 3.63) is 46.9 Å². The van der Waals surface area contributed by atoms with Crippen LogP contribution in [0.1, 0.15) is 46.1 Å². The van der Waals surface area contributed by atoms with Crippen molar-refractivity contribution in [1.29, 1.82) is 0 Å². The van der Waals surface area contributed by atoms with Gasteiger partial charge in [0, 0.05) is 5.25 Å². The van der Waals surface area contributed by atoms with Crippen LogP contribution in [-0.2, 0) is 6.42 Å². The van der Waals surface area contributed by atoms with Crippen molar-refractivity contribution >= 4 is 11.8 Å². The first-order chi connectivity index (χ1) is 8.58. The third-order valence-electron chi connectivity index (χ3n) is 2.71. The molecule has 0 atom stereocenters. The van der Waals surface area contributed by atoms with Gasteiger partial charge in [0.15, 0.2) is 0 Å². The Morgan fingerprint density at radius 3 is 2.33 bits per heavy atom. The van der Waals surface area contributed by atoms with Crippen LogP contribution in [0.15, 0.2) is 41.3 Å². The van der Waals surface area contributed by atoms with Crippen LogP contribution < -0.4 is 0 Å². The molecule has 0 spiro atoms. The summed E-state index contributed by atoms with van der Waals surface area (Å²) in [5.74, 6) is 0.754. The molecule has 1 heteroatoms. The largest absolute Gasteiger partial charge is 0.128 e. The van der Waals surface area contributed by atoms with Crippen LogP contribution in [0.4, 0.5) is 0 Å². The highest BCUT2D eigenvalue weighted by atomic mass is 32.2. The zero-order valence-electron chi connectivity index (χ0n) is 12.1. The average Bonchev–Trinajstić information content (AvgIpc) is 2.33. The number of hydrogen-bond acceptors (Lipinski definition) is 1. The van der Waals surface area contributed by atoms with E-state index in [1.54, 1.807) is 4.91 Å². The molecule has 0 bridgehead atoms. The first-order valence-corrected chi connectivity index (χ1v) is 7.85. The molecule has 0 saturated heterocycles. The number of thioether (sulfide) groups is 1. The zero-order chi connectivity index (χ0) is 13.4. The van der Waals surface area contributed by atoms with Crippen molar-refractivity contribution in [2.75, 3.05) is 0 Å². The Balaban J connectivity index is 2.53. The molecule has 0 nitrogen and oxygen atoms in total. The summed E-state index contributed by atoms with van der Waals surface area (Å²) in [6.45, 7) is 9.11. The standard InChI is InChI=1S/C17H26S/c1-14(2)10-12-17(18-15(3)4)13-11-16-8-6-5-7-9-16/h5-9,12,14-15H,10-11,13H2,1-4H3/b17-12-. The summed E-state index contributed by atoms with van der Waals surface area (Å²) in [6.07, 6.45) is 5.98. The lowest BCUT2D eigenvalue weighted by Crippen LogP contribution is -1.93. The van der Waals surface area contributed by atoms with Crippen LogP contribution in [0, 0.1) is 5.92 Å². The Kier molecular flexibility index (Phi) is 7.19. The van der Waals surface area contributed by atoms with E-state index in [9.17, 15) is 0 Å². The van der Waals surface area contributed by atoms with Gasteiger partial charge in [-0.05, 0) is 35.6 Å². The van der Waals surface area contributed by atoms with E-state index in [4.69, 9.17) is 0 Å². The van der Waals surface area contributed by atoms with Gasteiger partial charge in [0.25, 0.3) is 0 Å². The van der Waals surface area contributed by atoms with Crippen LogP contribution in [0.2, 0.25) is 0 Å². The molecule has 0 aliphatic carbocycles. The van der Waals surface area contributed by atoms with Crippen molar-refractivity contribution in [2.45, 2.75) is 52.2 Å². The molecular formula is C17H26S. The second-order valence-corrected chi connectivity index (χ2v) is 7.16. The van der Waals surface area contributed by atoms with Crippen LogP contribution in [0.25, 0.3) is 0 Å². The maximum absolute atomic E-state index is 2.44. The van der Waals surface area contributed by atoms with E-state index in [0.29, 0.717) is 5.25 Å². The fourth-order valence-electron chi connectivity index (χ4n) is 1.79. The molecule has 0 N–H and O–H groups in total. The van der Waals surface area contributed by atoms with Crippen molar-refractivity contribution in [1.82, 2.24) is 0 Å². The molecule has 0 radical (unpaired) electrons. The van der Waals surface area contributed by atoms with E-state index >= 15 is 0 Å². The van der Waals surface area contributed by atoms with Gasteiger partial charge in [0.2, 0.25) is 0 Å². The third kappa shape index (κ3) is 6.90. The summed E-state index contributed by atoms with van der Waals surface area (Å²) in [6, 6.07) is 10.8. The van der Waals surface area contributed by atoms with Crippen molar-refractivity contribution in [2.24, 2.45) is 5.92 Å². The number of hydrogen-bond donors (Lipinski definition) is 0. The van der Waals surface area contributed by atoms with Crippen LogP contribution >= 0.6 is 11.8 Å². The van der Waals surface area contributed by atoms with E-state index in [2.05, 4.69) is 64.1 Å². The Morgan fingerprint density at radius 1 is 1.11 bits per heavy atom. The van der Waals surface area contributed by atoms with Crippen LogP contribution in [-0.4, -0.2) is 5.25 Å². The molecule has 1 rings (SSSR count). The highest BCUT2D eigenvalue weighted by Crippen LogP contribution is 2.27. The minimum Gasteiger partial charge on any atom is -0.128 e. The predicted octanol–water partition coefficient (Wildman–Crippen LogP) is 5.69. The molecule has 0 saturated carbocycles. The highest BCUT2D eigenvalue weighted by molar-refractivity contribution is 8.03. The fraction of sp³-hybridized carbons (Fsp3) is 0.529. The van der Waals surface area contributed by atoms with Gasteiger partial charge in [-0.25, -0.2) is 0 Å². The molecule has 0 amide bonds. The first kappa shape index (κ1) is 15.4. The van der Waals surface area contributed by atoms with Gasteiger partial charge < -0.3 is 0 Å². The monoisotopic (exact) mass is 262 g/mol. The second kappa shape index (κ2) is 8.42. The van der Waals surface area contributed by atoms with E-state index in [1.165, 1.54) is 18.4 Å². The molecule has 1 aromatic carbocycles. The summed E-state index contributed by atoms with van der Waals surface area (Å²) < 4.78 is 0. The number of rotatable bonds is 7. The van der Waals surface area contributed by atoms with Gasteiger partial charge in [-0.1, -0.05) is 64.1 Å². The zero-order valence-corrected chi connectivity index (χ0v) is 13.0. The molecule has 0 unspecified atom stereocenters. The highest BCUT2D eigenvalue weighted by Gasteiger charge is 2.03. The molecule has 1 aromatic rings. The van der Waals surface area contributed by atoms with Gasteiger partial charge in [0.1, 0.15) is 0 Å². The summed E-state index contributed by atoms with van der Waals surface area (Å²) in [5.41, 5.74) is 1.44. The molecule has 18 heavy (non-hydrogen) atoms. The van der Waals surface area contributed by atoms with E-state index in [1.807, 2.05) is 11.8 Å². The number of allylic oxidation sites excluding steroid dienone is 2. The lowest BCUT2D eigenvalue weighted by molar-refractivity contribution is 0.661. The van der Waals surface area contributed by atoms with Gasteiger partial charge in [-0.2, -0.15) is 0 Å². The van der Waals surface area contributed by atoms with E-state index < -0.39 is 0 Å². The van der Waals surface area contributed by atoms with Crippen LogP contribution in [0.3, 0.4) is 0 Å². The maximum Gasteiger partial charge on any atom is 0.00344 e. The summed E-state index contributed by atoms with van der Waals surface area (Å²) in [4.78, 5) is 1.56. The summed E-state index contributed by atoms with van der Waals surface area (Å²) in [5, 5.41) is 0.680. The average molecular weight is 262 g/mol. The topological polar surface area (TPSA) is 0 Å². The van der Waals surface area contributed by atoms with E-state index in [0.717, 1.165) is 12.3 Å². The predicted molar refractivity (Wildman–Crippen MR) is 85.0 cm³/mol. The molecule has 0 fully saturated rings. The Bertz CT molecular complexity index is 349. The maximum atomic E-state index is 2.44. The number of benzene rings is 1. The molecule has 0 aliphatic heterocycles. The molecular weight excluding hydrogens is 236 g/mol. The fourth-order valence-corrected chi connectivity index (χ4v) is 2.81. The van der Waals surface area contributed by atoms with E-state index in [-0.39, 0.29) is 0 Å². The van der Waals surface area contributed by atoms with Gasteiger partial charge in [-0.3, -0.25) is 0 Å². The Morgan fingerprint density at radius 2 is 1.78 bits per heavy atom. The lowest BCUT2D eigenvalue weighted by Gasteiger charge is -2.11. The van der Waals surface area contributed by atoms with Gasteiger partial charge in [-0.15, -0.1) is 11.8 Å². The molecule has 0 aliphatic rings. The van der Waals surface area contributed by atoms with Crippen molar-refractivity contribution < 1.29 is 0 Å². The normalized spacial score (nSPS) is 12.4. The minimum absolute atomic E-state index is 0.680. The summed E-state index contributed by atoms with van der Waals surface area (Å²) in [7, 11) is 0. The Hall–Kier alpha value is -0.690. The first-order valence-electron chi connectivity index (χ1n) is 6.97. The quantitative estimate of drug-likeness (QED) is 0.608. The van der Waals surface area contributed by atoms with Crippen LogP contribution in [0.5, 0.6) is 0 Å². The third-order valence-corrected chi connectivity index (χ3v) is 3.85.